The maximum absolute atomic E-state index is 11.7. The molecule has 0 aliphatic carbocycles. The first-order chi connectivity index (χ1) is 7.69. The maximum atomic E-state index is 11.7. The quantitative estimate of drug-likeness (QED) is 0.765. The second kappa shape index (κ2) is 6.88. The molecule has 0 unspecified atom stereocenters. The molecule has 1 N–H and O–H groups in total. The highest BCUT2D eigenvalue weighted by atomic mass is 32.1. The van der Waals surface area contributed by atoms with Crippen LogP contribution in [0.3, 0.4) is 0 Å². The van der Waals surface area contributed by atoms with Gasteiger partial charge in [0.15, 0.2) is 0 Å². The molecule has 1 aromatic heterocycles. The number of thiazole rings is 1. The summed E-state index contributed by atoms with van der Waals surface area (Å²) in [6.07, 6.45) is 0. The third kappa shape index (κ3) is 3.77. The fourth-order valence-electron chi connectivity index (χ4n) is 1.16. The molecule has 1 heterocycles. The van der Waals surface area contributed by atoms with E-state index < -0.39 is 0 Å². The van der Waals surface area contributed by atoms with Crippen LogP contribution in [0.15, 0.2) is 0 Å². The largest absolute Gasteiger partial charge is 0.375 e. The van der Waals surface area contributed by atoms with Crippen LogP contribution in [-0.2, 0) is 11.3 Å². The average molecular weight is 260 g/mol. The molecule has 1 aromatic rings. The van der Waals surface area contributed by atoms with E-state index in [-0.39, 0.29) is 5.91 Å². The highest BCUT2D eigenvalue weighted by Crippen LogP contribution is 2.18. The van der Waals surface area contributed by atoms with Crippen molar-refractivity contribution >= 4 is 29.9 Å². The zero-order valence-corrected chi connectivity index (χ0v) is 11.2. The van der Waals surface area contributed by atoms with Gasteiger partial charge in [-0.05, 0) is 13.8 Å². The Labute approximate surface area is 105 Å². The third-order valence-corrected chi connectivity index (χ3v) is 3.23. The molecule has 90 valence electrons. The second-order valence-corrected chi connectivity index (χ2v) is 4.67. The number of carbonyl (C=O) groups excluding carboxylic acids is 1. The van der Waals surface area contributed by atoms with Crippen molar-refractivity contribution in [3.63, 3.8) is 0 Å². The summed E-state index contributed by atoms with van der Waals surface area (Å²) in [5.74, 6) is 0.557. The number of aromatic nitrogens is 1. The molecule has 1 rings (SSSR count). The molecule has 0 aliphatic heterocycles. The Morgan fingerprint density at radius 3 is 3.00 bits per heavy atom. The second-order valence-electron chi connectivity index (χ2n) is 3.14. The molecule has 0 bridgehead atoms. The summed E-state index contributed by atoms with van der Waals surface area (Å²) in [6.45, 7) is 5.46. The van der Waals surface area contributed by atoms with Gasteiger partial charge in [-0.15, -0.1) is 11.3 Å². The molecule has 0 aromatic carbocycles. The van der Waals surface area contributed by atoms with Gasteiger partial charge in [0, 0.05) is 18.9 Å². The monoisotopic (exact) mass is 260 g/mol. The van der Waals surface area contributed by atoms with Crippen LogP contribution in [0.4, 0.5) is 0 Å². The van der Waals surface area contributed by atoms with Gasteiger partial charge in [0.1, 0.15) is 9.88 Å². The zero-order valence-electron chi connectivity index (χ0n) is 9.45. The molecular weight excluding hydrogens is 244 g/mol. The van der Waals surface area contributed by atoms with Crippen molar-refractivity contribution in [2.45, 2.75) is 20.5 Å². The number of hydrogen-bond acceptors (Lipinski definition) is 5. The highest BCUT2D eigenvalue weighted by molar-refractivity contribution is 7.80. The van der Waals surface area contributed by atoms with Gasteiger partial charge in [0.2, 0.25) is 0 Å². The number of carbonyl (C=O) groups is 1. The normalized spacial score (nSPS) is 10.4. The maximum Gasteiger partial charge on any atom is 0.263 e. The Bertz CT molecular complexity index is 353. The standard InChI is InChI=1S/C10H16N2O2S2/c1-3-14-6-8-12-7(2)9(16-8)10(13)11-4-5-15/h15H,3-6H2,1-2H3,(H,11,13). The lowest BCUT2D eigenvalue weighted by atomic mass is 10.4. The number of thiol groups is 1. The van der Waals surface area contributed by atoms with Crippen molar-refractivity contribution in [3.05, 3.63) is 15.6 Å². The molecule has 6 heteroatoms. The van der Waals surface area contributed by atoms with Gasteiger partial charge >= 0.3 is 0 Å². The Balaban J connectivity index is 2.65. The molecular formula is C10H16N2O2S2. The van der Waals surface area contributed by atoms with E-state index in [9.17, 15) is 4.79 Å². The summed E-state index contributed by atoms with van der Waals surface area (Å²) < 4.78 is 5.25. The van der Waals surface area contributed by atoms with E-state index in [2.05, 4.69) is 22.9 Å². The summed E-state index contributed by atoms with van der Waals surface area (Å²) in [5.41, 5.74) is 0.761. The van der Waals surface area contributed by atoms with E-state index in [0.29, 0.717) is 30.4 Å². The fraction of sp³-hybridized carbons (Fsp3) is 0.600. The number of aryl methyl sites for hydroxylation is 1. The van der Waals surface area contributed by atoms with Crippen LogP contribution in [0.25, 0.3) is 0 Å². The molecule has 0 saturated heterocycles. The number of nitrogens with one attached hydrogen (secondary N) is 1. The summed E-state index contributed by atoms with van der Waals surface area (Å²) in [4.78, 5) is 16.7. The zero-order chi connectivity index (χ0) is 12.0. The minimum atomic E-state index is -0.0770. The van der Waals surface area contributed by atoms with Crippen LogP contribution in [0.1, 0.15) is 27.3 Å². The van der Waals surface area contributed by atoms with Gasteiger partial charge in [0.05, 0.1) is 12.3 Å². The number of hydrogen-bond donors (Lipinski definition) is 2. The molecule has 0 aliphatic rings. The molecule has 0 spiro atoms. The summed E-state index contributed by atoms with van der Waals surface area (Å²) in [7, 11) is 0. The van der Waals surface area contributed by atoms with Gasteiger partial charge in [-0.1, -0.05) is 0 Å². The number of ether oxygens (including phenoxy) is 1. The fourth-order valence-corrected chi connectivity index (χ4v) is 2.19. The topological polar surface area (TPSA) is 51.2 Å². The van der Waals surface area contributed by atoms with E-state index in [1.54, 1.807) is 0 Å². The first kappa shape index (κ1) is 13.5. The molecule has 0 saturated carbocycles. The predicted octanol–water partition coefficient (Wildman–Crippen LogP) is 1.65. The van der Waals surface area contributed by atoms with Crippen molar-refractivity contribution in [3.8, 4) is 0 Å². The predicted molar refractivity (Wildman–Crippen MR) is 68.4 cm³/mol. The number of rotatable bonds is 6. The van der Waals surface area contributed by atoms with Crippen molar-refractivity contribution in [1.82, 2.24) is 10.3 Å². The van der Waals surface area contributed by atoms with Crippen molar-refractivity contribution in [2.75, 3.05) is 18.9 Å². The Morgan fingerprint density at radius 1 is 1.62 bits per heavy atom. The Hall–Kier alpha value is -0.590. The van der Waals surface area contributed by atoms with Crippen LogP contribution in [0.2, 0.25) is 0 Å². The van der Waals surface area contributed by atoms with Gasteiger partial charge in [-0.2, -0.15) is 12.6 Å². The van der Waals surface area contributed by atoms with E-state index in [0.717, 1.165) is 10.7 Å². The Kier molecular flexibility index (Phi) is 5.79. The summed E-state index contributed by atoms with van der Waals surface area (Å²) in [6, 6.07) is 0. The molecule has 4 nitrogen and oxygen atoms in total. The van der Waals surface area contributed by atoms with Crippen LogP contribution in [-0.4, -0.2) is 29.8 Å². The molecule has 16 heavy (non-hydrogen) atoms. The lowest BCUT2D eigenvalue weighted by molar-refractivity contribution is 0.0959. The van der Waals surface area contributed by atoms with Crippen LogP contribution in [0, 0.1) is 6.92 Å². The first-order valence-corrected chi connectivity index (χ1v) is 6.57. The Morgan fingerprint density at radius 2 is 2.38 bits per heavy atom. The lowest BCUT2D eigenvalue weighted by Crippen LogP contribution is -2.25. The van der Waals surface area contributed by atoms with E-state index in [1.165, 1.54) is 11.3 Å². The highest BCUT2D eigenvalue weighted by Gasteiger charge is 2.14. The van der Waals surface area contributed by atoms with Gasteiger partial charge in [0.25, 0.3) is 5.91 Å². The summed E-state index contributed by atoms with van der Waals surface area (Å²) >= 11 is 5.42. The van der Waals surface area contributed by atoms with E-state index >= 15 is 0 Å². The minimum absolute atomic E-state index is 0.0770. The SMILES string of the molecule is CCOCc1nc(C)c(C(=O)NCCS)s1. The number of amides is 1. The first-order valence-electron chi connectivity index (χ1n) is 5.12. The van der Waals surface area contributed by atoms with E-state index in [4.69, 9.17) is 4.74 Å². The summed E-state index contributed by atoms with van der Waals surface area (Å²) in [5, 5.41) is 3.62. The molecule has 0 radical (unpaired) electrons. The molecule has 0 atom stereocenters. The minimum Gasteiger partial charge on any atom is -0.375 e. The molecule has 1 amide bonds. The third-order valence-electron chi connectivity index (χ3n) is 1.87. The van der Waals surface area contributed by atoms with Crippen molar-refractivity contribution < 1.29 is 9.53 Å². The lowest BCUT2D eigenvalue weighted by Gasteiger charge is -2.00. The van der Waals surface area contributed by atoms with Crippen LogP contribution >= 0.6 is 24.0 Å². The smallest absolute Gasteiger partial charge is 0.263 e. The van der Waals surface area contributed by atoms with Gasteiger partial charge < -0.3 is 10.1 Å². The van der Waals surface area contributed by atoms with Gasteiger partial charge in [-0.3, -0.25) is 4.79 Å². The van der Waals surface area contributed by atoms with Crippen molar-refractivity contribution in [2.24, 2.45) is 0 Å². The van der Waals surface area contributed by atoms with Crippen molar-refractivity contribution in [1.29, 1.82) is 0 Å². The molecule has 0 fully saturated rings. The van der Waals surface area contributed by atoms with E-state index in [1.807, 2.05) is 13.8 Å². The number of nitrogens with zero attached hydrogens (tertiary/aromatic N) is 1. The van der Waals surface area contributed by atoms with Gasteiger partial charge in [-0.25, -0.2) is 4.98 Å². The van der Waals surface area contributed by atoms with Crippen LogP contribution < -0.4 is 5.32 Å². The van der Waals surface area contributed by atoms with Crippen LogP contribution in [0.5, 0.6) is 0 Å². The average Bonchev–Trinajstić information content (AvgIpc) is 2.64.